The fraction of sp³-hybridized carbons (Fsp3) is 0.333. The topological polar surface area (TPSA) is 38.0 Å². The molecule has 112 valence electrons. The van der Waals surface area contributed by atoms with Crippen LogP contribution < -0.4 is 11.3 Å². The zero-order valence-electron chi connectivity index (χ0n) is 12.9. The summed E-state index contributed by atoms with van der Waals surface area (Å²) in [6.07, 6.45) is 1.09. The minimum absolute atomic E-state index is 0.00834. The first-order valence-electron chi connectivity index (χ1n) is 7.32. The van der Waals surface area contributed by atoms with Crippen LogP contribution in [0.5, 0.6) is 0 Å². The SMILES string of the molecule is Cc1ccc(C(NN)c2cccc(CC(C)C)c2)cc1Br. The van der Waals surface area contributed by atoms with Crippen molar-refractivity contribution in [2.45, 2.75) is 33.2 Å². The van der Waals surface area contributed by atoms with Gasteiger partial charge in [-0.1, -0.05) is 66.2 Å². The molecule has 2 nitrogen and oxygen atoms in total. The molecule has 3 heteroatoms. The fourth-order valence-electron chi connectivity index (χ4n) is 2.54. The Bertz CT molecular complexity index is 608. The van der Waals surface area contributed by atoms with E-state index >= 15 is 0 Å². The molecule has 0 heterocycles. The maximum atomic E-state index is 5.81. The standard InChI is InChI=1S/C18H23BrN2/c1-12(2)9-14-5-4-6-15(10-14)18(21-20)16-8-7-13(3)17(19)11-16/h4-8,10-12,18,21H,9,20H2,1-3H3. The molecule has 2 aromatic carbocycles. The molecule has 0 fully saturated rings. The maximum absolute atomic E-state index is 5.81. The van der Waals surface area contributed by atoms with Gasteiger partial charge in [0.2, 0.25) is 0 Å². The first-order valence-corrected chi connectivity index (χ1v) is 8.11. The molecule has 2 aromatic rings. The number of hydrogen-bond donors (Lipinski definition) is 2. The summed E-state index contributed by atoms with van der Waals surface area (Å²) in [6, 6.07) is 15.0. The van der Waals surface area contributed by atoms with Gasteiger partial charge in [-0.05, 0) is 47.6 Å². The molecule has 1 atom stereocenters. The van der Waals surface area contributed by atoms with E-state index in [1.54, 1.807) is 0 Å². The molecule has 21 heavy (non-hydrogen) atoms. The van der Waals surface area contributed by atoms with Gasteiger partial charge in [-0.15, -0.1) is 0 Å². The van der Waals surface area contributed by atoms with Gasteiger partial charge in [-0.25, -0.2) is 5.43 Å². The highest BCUT2D eigenvalue weighted by Crippen LogP contribution is 2.27. The van der Waals surface area contributed by atoms with Crippen LogP contribution in [0.25, 0.3) is 0 Å². The van der Waals surface area contributed by atoms with Gasteiger partial charge in [0.05, 0.1) is 6.04 Å². The summed E-state index contributed by atoms with van der Waals surface area (Å²) in [4.78, 5) is 0. The van der Waals surface area contributed by atoms with Crippen molar-refractivity contribution >= 4 is 15.9 Å². The monoisotopic (exact) mass is 346 g/mol. The Morgan fingerprint density at radius 1 is 1.10 bits per heavy atom. The number of nitrogens with one attached hydrogen (secondary N) is 1. The van der Waals surface area contributed by atoms with Crippen LogP contribution in [0.4, 0.5) is 0 Å². The quantitative estimate of drug-likeness (QED) is 0.617. The fourth-order valence-corrected chi connectivity index (χ4v) is 2.94. The van der Waals surface area contributed by atoms with E-state index in [0.29, 0.717) is 5.92 Å². The van der Waals surface area contributed by atoms with Crippen LogP contribution in [-0.2, 0) is 6.42 Å². The first kappa shape index (κ1) is 16.2. The van der Waals surface area contributed by atoms with Gasteiger partial charge in [-0.2, -0.15) is 0 Å². The lowest BCUT2D eigenvalue weighted by molar-refractivity contribution is 0.627. The first-order chi connectivity index (χ1) is 10.0. The largest absolute Gasteiger partial charge is 0.271 e. The van der Waals surface area contributed by atoms with Gasteiger partial charge in [0.1, 0.15) is 0 Å². The molecule has 0 bridgehead atoms. The van der Waals surface area contributed by atoms with Crippen LogP contribution in [0.2, 0.25) is 0 Å². The van der Waals surface area contributed by atoms with Crippen molar-refractivity contribution in [1.82, 2.24) is 5.43 Å². The van der Waals surface area contributed by atoms with E-state index in [9.17, 15) is 0 Å². The zero-order valence-corrected chi connectivity index (χ0v) is 14.4. The number of nitrogens with two attached hydrogens (primary N) is 1. The predicted molar refractivity (Wildman–Crippen MR) is 93.0 cm³/mol. The Balaban J connectivity index is 2.34. The molecular formula is C18H23BrN2. The average molecular weight is 347 g/mol. The van der Waals surface area contributed by atoms with Gasteiger partial charge in [-0.3, -0.25) is 5.84 Å². The molecule has 0 saturated heterocycles. The molecule has 0 aliphatic heterocycles. The lowest BCUT2D eigenvalue weighted by Crippen LogP contribution is -2.29. The number of halogens is 1. The Labute approximate surface area is 135 Å². The number of benzene rings is 2. The normalized spacial score (nSPS) is 12.7. The van der Waals surface area contributed by atoms with Crippen LogP contribution in [0.1, 0.15) is 42.1 Å². The summed E-state index contributed by atoms with van der Waals surface area (Å²) >= 11 is 3.59. The minimum Gasteiger partial charge on any atom is -0.271 e. The Morgan fingerprint density at radius 2 is 1.81 bits per heavy atom. The van der Waals surface area contributed by atoms with E-state index in [1.165, 1.54) is 16.7 Å². The van der Waals surface area contributed by atoms with Crippen molar-refractivity contribution in [3.63, 3.8) is 0 Å². The van der Waals surface area contributed by atoms with Crippen LogP contribution in [0, 0.1) is 12.8 Å². The molecule has 0 spiro atoms. The molecular weight excluding hydrogens is 324 g/mol. The summed E-state index contributed by atoms with van der Waals surface area (Å²) in [5.41, 5.74) is 7.89. The number of rotatable bonds is 5. The smallest absolute Gasteiger partial charge is 0.0710 e. The molecule has 0 radical (unpaired) electrons. The Morgan fingerprint density at radius 3 is 2.43 bits per heavy atom. The van der Waals surface area contributed by atoms with Crippen molar-refractivity contribution in [3.05, 3.63) is 69.2 Å². The highest BCUT2D eigenvalue weighted by molar-refractivity contribution is 9.10. The van der Waals surface area contributed by atoms with Gasteiger partial charge < -0.3 is 0 Å². The van der Waals surface area contributed by atoms with Crippen molar-refractivity contribution in [2.75, 3.05) is 0 Å². The van der Waals surface area contributed by atoms with Crippen LogP contribution in [0.15, 0.2) is 46.9 Å². The number of aryl methyl sites for hydroxylation is 1. The summed E-state index contributed by atoms with van der Waals surface area (Å²) < 4.78 is 1.11. The van der Waals surface area contributed by atoms with Crippen molar-refractivity contribution in [2.24, 2.45) is 11.8 Å². The van der Waals surface area contributed by atoms with Crippen LogP contribution in [-0.4, -0.2) is 0 Å². The van der Waals surface area contributed by atoms with E-state index in [2.05, 4.69) is 84.6 Å². The molecule has 2 rings (SSSR count). The highest BCUT2D eigenvalue weighted by Gasteiger charge is 2.14. The lowest BCUT2D eigenvalue weighted by Gasteiger charge is -2.19. The van der Waals surface area contributed by atoms with Crippen LogP contribution >= 0.6 is 15.9 Å². The summed E-state index contributed by atoms with van der Waals surface area (Å²) in [5, 5.41) is 0. The van der Waals surface area contributed by atoms with Crippen LogP contribution in [0.3, 0.4) is 0 Å². The molecule has 1 unspecified atom stereocenters. The van der Waals surface area contributed by atoms with Gasteiger partial charge in [0.15, 0.2) is 0 Å². The second-order valence-corrected chi connectivity index (χ2v) is 6.81. The zero-order chi connectivity index (χ0) is 15.4. The second-order valence-electron chi connectivity index (χ2n) is 5.95. The average Bonchev–Trinajstić information content (AvgIpc) is 2.43. The molecule has 0 aliphatic rings. The van der Waals surface area contributed by atoms with E-state index in [-0.39, 0.29) is 6.04 Å². The summed E-state index contributed by atoms with van der Waals surface area (Å²) in [7, 11) is 0. The molecule has 0 amide bonds. The third-order valence-electron chi connectivity index (χ3n) is 3.62. The van der Waals surface area contributed by atoms with Gasteiger partial charge in [0, 0.05) is 4.47 Å². The van der Waals surface area contributed by atoms with Crippen molar-refractivity contribution < 1.29 is 0 Å². The van der Waals surface area contributed by atoms with E-state index in [1.807, 2.05) is 0 Å². The van der Waals surface area contributed by atoms with Gasteiger partial charge in [0.25, 0.3) is 0 Å². The molecule has 3 N–H and O–H groups in total. The highest BCUT2D eigenvalue weighted by atomic mass is 79.9. The van der Waals surface area contributed by atoms with Crippen molar-refractivity contribution in [3.8, 4) is 0 Å². The molecule has 0 saturated carbocycles. The Kier molecular flexibility index (Phi) is 5.57. The Hall–Kier alpha value is -1.16. The maximum Gasteiger partial charge on any atom is 0.0710 e. The second kappa shape index (κ2) is 7.21. The summed E-state index contributed by atoms with van der Waals surface area (Å²) in [6.45, 7) is 6.56. The number of hydrogen-bond acceptors (Lipinski definition) is 2. The van der Waals surface area contributed by atoms with Gasteiger partial charge >= 0.3 is 0 Å². The lowest BCUT2D eigenvalue weighted by atomic mass is 9.94. The minimum atomic E-state index is 0.00834. The van der Waals surface area contributed by atoms with Crippen molar-refractivity contribution in [1.29, 1.82) is 0 Å². The predicted octanol–water partition coefficient (Wildman–Crippen LogP) is 4.51. The number of hydrazine groups is 1. The van der Waals surface area contributed by atoms with E-state index in [4.69, 9.17) is 5.84 Å². The third-order valence-corrected chi connectivity index (χ3v) is 4.48. The van der Waals surface area contributed by atoms with E-state index in [0.717, 1.165) is 16.5 Å². The summed E-state index contributed by atoms with van der Waals surface area (Å²) in [5.74, 6) is 6.46. The third kappa shape index (κ3) is 4.16. The molecule has 0 aliphatic carbocycles. The molecule has 0 aromatic heterocycles. The van der Waals surface area contributed by atoms with E-state index < -0.39 is 0 Å².